The Labute approximate surface area is 148 Å². The zero-order valence-electron chi connectivity index (χ0n) is 14.4. The molecule has 3 aliphatic rings. The summed E-state index contributed by atoms with van der Waals surface area (Å²) in [6, 6.07) is 0.540. The summed E-state index contributed by atoms with van der Waals surface area (Å²) < 4.78 is 5.54. The number of ether oxygens (including phenoxy) is 1. The highest BCUT2D eigenvalue weighted by Crippen LogP contribution is 2.30. The van der Waals surface area contributed by atoms with E-state index < -0.39 is 0 Å². The third-order valence-electron chi connectivity index (χ3n) is 5.74. The zero-order chi connectivity index (χ0) is 16.4. The second kappa shape index (κ2) is 7.54. The third-order valence-corrected chi connectivity index (χ3v) is 6.88. The van der Waals surface area contributed by atoms with Gasteiger partial charge in [-0.05, 0) is 67.9 Å². The van der Waals surface area contributed by atoms with Crippen LogP contribution in [0.1, 0.15) is 54.5 Å². The predicted octanol–water partition coefficient (Wildman–Crippen LogP) is 2.89. The molecule has 24 heavy (non-hydrogen) atoms. The van der Waals surface area contributed by atoms with Gasteiger partial charge in [-0.1, -0.05) is 0 Å². The number of hydrogen-bond donors (Lipinski definition) is 1. The number of fused-ring (bicyclic) bond motifs is 1. The first-order chi connectivity index (χ1) is 11.8. The summed E-state index contributed by atoms with van der Waals surface area (Å²) >= 11 is 1.95. The maximum atomic E-state index is 12.4. The summed E-state index contributed by atoms with van der Waals surface area (Å²) in [7, 11) is 0. The van der Waals surface area contributed by atoms with Crippen molar-refractivity contribution in [2.75, 3.05) is 19.7 Å². The fraction of sp³-hybridized carbons (Fsp3) is 0.737. The number of nitrogens with one attached hydrogen (secondary N) is 1. The number of carbonyl (C=O) groups excluding carboxylic acids is 1. The fourth-order valence-electron chi connectivity index (χ4n) is 4.24. The molecule has 0 aromatic carbocycles. The third kappa shape index (κ3) is 3.53. The van der Waals surface area contributed by atoms with Gasteiger partial charge in [0.05, 0.1) is 0 Å². The highest BCUT2D eigenvalue weighted by molar-refractivity contribution is 7.10. The Hall–Kier alpha value is -0.910. The van der Waals surface area contributed by atoms with E-state index in [2.05, 4.69) is 10.7 Å². The van der Waals surface area contributed by atoms with Gasteiger partial charge in [0.1, 0.15) is 6.10 Å². The van der Waals surface area contributed by atoms with Crippen LogP contribution in [-0.4, -0.2) is 42.6 Å². The van der Waals surface area contributed by atoms with Crippen LogP contribution in [0.15, 0.2) is 5.38 Å². The van der Waals surface area contributed by atoms with E-state index in [4.69, 9.17) is 4.74 Å². The van der Waals surface area contributed by atoms with Crippen molar-refractivity contribution in [1.29, 1.82) is 0 Å². The van der Waals surface area contributed by atoms with E-state index in [1.165, 1.54) is 31.2 Å². The van der Waals surface area contributed by atoms with Crippen LogP contribution in [0.5, 0.6) is 0 Å². The molecular formula is C19H28N2O2S. The number of thiophene rings is 1. The van der Waals surface area contributed by atoms with Crippen molar-refractivity contribution in [3.05, 3.63) is 21.4 Å². The van der Waals surface area contributed by atoms with Crippen molar-refractivity contribution in [1.82, 2.24) is 10.2 Å². The Morgan fingerprint density at radius 2 is 2.04 bits per heavy atom. The van der Waals surface area contributed by atoms with E-state index in [-0.39, 0.29) is 12.0 Å². The number of hydrogen-bond acceptors (Lipinski definition) is 4. The first kappa shape index (κ1) is 16.6. The zero-order valence-corrected chi connectivity index (χ0v) is 15.2. The van der Waals surface area contributed by atoms with Crippen LogP contribution in [0.25, 0.3) is 0 Å². The minimum Gasteiger partial charge on any atom is -0.368 e. The van der Waals surface area contributed by atoms with Crippen LogP contribution in [-0.2, 0) is 28.9 Å². The highest BCUT2D eigenvalue weighted by atomic mass is 32.1. The van der Waals surface area contributed by atoms with Crippen molar-refractivity contribution in [2.24, 2.45) is 0 Å². The predicted molar refractivity (Wildman–Crippen MR) is 96.4 cm³/mol. The lowest BCUT2D eigenvalue weighted by Gasteiger charge is -2.33. The van der Waals surface area contributed by atoms with Crippen molar-refractivity contribution >= 4 is 17.2 Å². The molecule has 0 radical (unpaired) electrons. The number of carbonyl (C=O) groups is 1. The van der Waals surface area contributed by atoms with Gasteiger partial charge < -0.3 is 15.0 Å². The summed E-state index contributed by atoms with van der Waals surface area (Å²) in [6.07, 6.45) is 9.15. The van der Waals surface area contributed by atoms with Gasteiger partial charge in [-0.2, -0.15) is 0 Å². The maximum Gasteiger partial charge on any atom is 0.251 e. The molecule has 0 saturated carbocycles. The van der Waals surface area contributed by atoms with Gasteiger partial charge in [0.2, 0.25) is 0 Å². The lowest BCUT2D eigenvalue weighted by molar-refractivity contribution is -0.142. The number of aryl methyl sites for hydroxylation is 1. The molecule has 4 rings (SSSR count). The fourth-order valence-corrected chi connectivity index (χ4v) is 5.39. The van der Waals surface area contributed by atoms with Gasteiger partial charge in [-0.3, -0.25) is 4.79 Å². The molecule has 2 saturated heterocycles. The normalized spacial score (nSPS) is 25.0. The molecule has 1 aliphatic carbocycles. The van der Waals surface area contributed by atoms with Crippen molar-refractivity contribution in [3.8, 4) is 0 Å². The number of nitrogens with zero attached hydrogens (tertiary/aromatic N) is 1. The van der Waals surface area contributed by atoms with Crippen molar-refractivity contribution in [2.45, 2.75) is 70.1 Å². The molecule has 1 amide bonds. The quantitative estimate of drug-likeness (QED) is 0.910. The van der Waals surface area contributed by atoms with Crippen LogP contribution in [0, 0.1) is 0 Å². The first-order valence-corrected chi connectivity index (χ1v) is 10.4. The van der Waals surface area contributed by atoms with E-state index in [1.54, 1.807) is 10.4 Å². The van der Waals surface area contributed by atoms with Gasteiger partial charge in [-0.15, -0.1) is 11.3 Å². The molecule has 1 atom stereocenters. The van der Waals surface area contributed by atoms with Crippen LogP contribution in [0.3, 0.4) is 0 Å². The largest absolute Gasteiger partial charge is 0.368 e. The monoisotopic (exact) mass is 348 g/mol. The summed E-state index contributed by atoms with van der Waals surface area (Å²) in [5.41, 5.74) is 3.15. The van der Waals surface area contributed by atoms with Gasteiger partial charge in [-0.25, -0.2) is 0 Å². The SMILES string of the molecule is O=C([C@H]1CCCO1)N1CCC(NCc2csc3c2CCCC3)CC1. The van der Waals surface area contributed by atoms with Crippen LogP contribution < -0.4 is 5.32 Å². The van der Waals surface area contributed by atoms with Gasteiger partial charge in [0, 0.05) is 37.2 Å². The topological polar surface area (TPSA) is 41.6 Å². The number of piperidine rings is 1. The average Bonchev–Trinajstić information content (AvgIpc) is 3.30. The summed E-state index contributed by atoms with van der Waals surface area (Å²) in [6.45, 7) is 3.49. The molecule has 3 heterocycles. The Morgan fingerprint density at radius 1 is 1.21 bits per heavy atom. The Morgan fingerprint density at radius 3 is 2.83 bits per heavy atom. The highest BCUT2D eigenvalue weighted by Gasteiger charge is 2.30. The Kier molecular flexibility index (Phi) is 5.20. The molecule has 2 aliphatic heterocycles. The van der Waals surface area contributed by atoms with Gasteiger partial charge in [0.25, 0.3) is 5.91 Å². The molecule has 0 bridgehead atoms. The van der Waals surface area contributed by atoms with E-state index >= 15 is 0 Å². The van der Waals surface area contributed by atoms with Crippen molar-refractivity contribution in [3.63, 3.8) is 0 Å². The summed E-state index contributed by atoms with van der Waals surface area (Å²) in [5.74, 6) is 0.220. The number of amides is 1. The molecule has 0 spiro atoms. The lowest BCUT2D eigenvalue weighted by Crippen LogP contribution is -2.47. The van der Waals surface area contributed by atoms with E-state index in [0.29, 0.717) is 6.04 Å². The molecule has 5 heteroatoms. The second-order valence-corrected chi connectivity index (χ2v) is 8.32. The van der Waals surface area contributed by atoms with E-state index in [0.717, 1.165) is 51.9 Å². The summed E-state index contributed by atoms with van der Waals surface area (Å²) in [5, 5.41) is 6.10. The number of rotatable bonds is 4. The Balaban J connectivity index is 1.25. The minimum absolute atomic E-state index is 0.160. The molecule has 1 aromatic heterocycles. The van der Waals surface area contributed by atoms with Gasteiger partial charge in [0.15, 0.2) is 0 Å². The molecular weight excluding hydrogens is 320 g/mol. The molecule has 4 nitrogen and oxygen atoms in total. The molecule has 1 aromatic rings. The molecule has 132 valence electrons. The molecule has 2 fully saturated rings. The van der Waals surface area contributed by atoms with Crippen molar-refractivity contribution < 1.29 is 9.53 Å². The molecule has 0 unspecified atom stereocenters. The average molecular weight is 349 g/mol. The smallest absolute Gasteiger partial charge is 0.251 e. The van der Waals surface area contributed by atoms with Gasteiger partial charge >= 0.3 is 0 Å². The molecule has 1 N–H and O–H groups in total. The second-order valence-electron chi connectivity index (χ2n) is 7.35. The van der Waals surface area contributed by atoms with E-state index in [9.17, 15) is 4.79 Å². The van der Waals surface area contributed by atoms with Crippen LogP contribution >= 0.6 is 11.3 Å². The number of likely N-dealkylation sites (tertiary alicyclic amines) is 1. The van der Waals surface area contributed by atoms with Crippen LogP contribution in [0.4, 0.5) is 0 Å². The summed E-state index contributed by atoms with van der Waals surface area (Å²) in [4.78, 5) is 16.0. The first-order valence-electron chi connectivity index (χ1n) is 9.53. The minimum atomic E-state index is -0.160. The maximum absolute atomic E-state index is 12.4. The lowest BCUT2D eigenvalue weighted by atomic mass is 9.95. The van der Waals surface area contributed by atoms with E-state index in [1.807, 2.05) is 16.2 Å². The standard InChI is InChI=1S/C19H28N2O2S/c22-19(17-5-3-11-23-17)21-9-7-15(8-10-21)20-12-14-13-24-18-6-2-1-4-16(14)18/h13,15,17,20H,1-12H2/t17-/m1/s1. The Bertz CT molecular complexity index is 572. The van der Waals surface area contributed by atoms with Crippen LogP contribution in [0.2, 0.25) is 0 Å².